The largest absolute Gasteiger partial charge is 0.337 e. The number of benzene rings is 2. The molecule has 1 saturated heterocycles. The summed E-state index contributed by atoms with van der Waals surface area (Å²) in [5.41, 5.74) is 1.89. The van der Waals surface area contributed by atoms with Gasteiger partial charge in [0.1, 0.15) is 11.9 Å². The minimum absolute atomic E-state index is 0.0548. The van der Waals surface area contributed by atoms with Crippen molar-refractivity contribution in [2.45, 2.75) is 37.1 Å². The molecule has 28 heavy (non-hydrogen) atoms. The predicted octanol–water partition coefficient (Wildman–Crippen LogP) is 4.10. The summed E-state index contributed by atoms with van der Waals surface area (Å²) in [5.74, 6) is 0.235. The molecule has 3 aromatic rings. The van der Waals surface area contributed by atoms with E-state index in [9.17, 15) is 12.8 Å². The van der Waals surface area contributed by atoms with Gasteiger partial charge in [-0.05, 0) is 50.1 Å². The van der Waals surface area contributed by atoms with Crippen molar-refractivity contribution in [1.82, 2.24) is 14.4 Å². The van der Waals surface area contributed by atoms with Gasteiger partial charge in [-0.3, -0.25) is 0 Å². The number of aryl methyl sites for hydroxylation is 1. The number of aromatic nitrogens is 2. The van der Waals surface area contributed by atoms with E-state index in [1.165, 1.54) is 16.4 Å². The van der Waals surface area contributed by atoms with Crippen LogP contribution in [0.5, 0.6) is 0 Å². The van der Waals surface area contributed by atoms with E-state index in [1.54, 1.807) is 0 Å². The van der Waals surface area contributed by atoms with Crippen LogP contribution in [-0.4, -0.2) is 29.4 Å². The molecule has 0 saturated carbocycles. The lowest BCUT2D eigenvalue weighted by Gasteiger charge is -2.32. The fourth-order valence-electron chi connectivity index (χ4n) is 3.45. The van der Waals surface area contributed by atoms with Crippen molar-refractivity contribution in [3.05, 3.63) is 65.8 Å². The summed E-state index contributed by atoms with van der Waals surface area (Å²) in [7, 11) is -3.80. The molecule has 1 aliphatic rings. The number of hydrogen-bond donors (Lipinski definition) is 0. The molecule has 146 valence electrons. The van der Waals surface area contributed by atoms with Crippen LogP contribution >= 0.6 is 0 Å². The minimum Gasteiger partial charge on any atom is -0.337 e. The van der Waals surface area contributed by atoms with Gasteiger partial charge in [0.25, 0.3) is 0 Å². The van der Waals surface area contributed by atoms with Crippen molar-refractivity contribution in [2.24, 2.45) is 0 Å². The summed E-state index contributed by atoms with van der Waals surface area (Å²) >= 11 is 0. The van der Waals surface area contributed by atoms with Gasteiger partial charge in [0.2, 0.25) is 21.7 Å². The highest BCUT2D eigenvalue weighted by Gasteiger charge is 2.37. The van der Waals surface area contributed by atoms with Gasteiger partial charge < -0.3 is 4.52 Å². The predicted molar refractivity (Wildman–Crippen MR) is 101 cm³/mol. The summed E-state index contributed by atoms with van der Waals surface area (Å²) in [6.45, 7) is 2.33. The third kappa shape index (κ3) is 3.57. The Morgan fingerprint density at radius 2 is 1.93 bits per heavy atom. The molecule has 1 aromatic heterocycles. The lowest BCUT2D eigenvalue weighted by atomic mass is 10.1. The van der Waals surface area contributed by atoms with Crippen molar-refractivity contribution in [2.75, 3.05) is 6.54 Å². The first-order valence-corrected chi connectivity index (χ1v) is 10.6. The number of nitrogens with zero attached hydrogens (tertiary/aromatic N) is 3. The maximum absolute atomic E-state index is 13.2. The second kappa shape index (κ2) is 7.44. The van der Waals surface area contributed by atoms with Gasteiger partial charge in [-0.15, -0.1) is 0 Å². The standard InChI is InChI=1S/C20H20FN3O3S/c1-14-5-4-6-15(13-14)19-22-20(27-23-19)18-7-2-3-12-24(18)28(25,26)17-10-8-16(21)9-11-17/h4-6,8-11,13,18H,2-3,7,12H2,1H3/t18-/m0/s1. The molecule has 1 aliphatic heterocycles. The van der Waals surface area contributed by atoms with Gasteiger partial charge in [-0.1, -0.05) is 35.3 Å². The van der Waals surface area contributed by atoms with Gasteiger partial charge in [0.05, 0.1) is 4.90 Å². The van der Waals surface area contributed by atoms with Gasteiger partial charge in [-0.25, -0.2) is 12.8 Å². The lowest BCUT2D eigenvalue weighted by molar-refractivity contribution is 0.204. The molecule has 0 spiro atoms. The number of hydrogen-bond acceptors (Lipinski definition) is 5. The Hall–Kier alpha value is -2.58. The second-order valence-electron chi connectivity index (χ2n) is 6.91. The molecule has 4 rings (SSSR count). The number of sulfonamides is 1. The Labute approximate surface area is 163 Å². The fraction of sp³-hybridized carbons (Fsp3) is 0.300. The second-order valence-corrected chi connectivity index (χ2v) is 8.80. The van der Waals surface area contributed by atoms with Crippen molar-refractivity contribution in [3.8, 4) is 11.4 Å². The highest BCUT2D eigenvalue weighted by Crippen LogP contribution is 2.35. The van der Waals surface area contributed by atoms with E-state index >= 15 is 0 Å². The Kier molecular flexibility index (Phi) is 4.99. The Morgan fingerprint density at radius 1 is 1.14 bits per heavy atom. The topological polar surface area (TPSA) is 76.3 Å². The summed E-state index contributed by atoms with van der Waals surface area (Å²) < 4.78 is 46.3. The number of rotatable bonds is 4. The van der Waals surface area contributed by atoms with Crippen LogP contribution in [0.4, 0.5) is 4.39 Å². The molecule has 2 aromatic carbocycles. The maximum atomic E-state index is 13.2. The molecule has 0 bridgehead atoms. The van der Waals surface area contributed by atoms with Gasteiger partial charge in [0.15, 0.2) is 0 Å². The van der Waals surface area contributed by atoms with Crippen LogP contribution in [0.25, 0.3) is 11.4 Å². The van der Waals surface area contributed by atoms with Gasteiger partial charge in [-0.2, -0.15) is 9.29 Å². The molecule has 0 radical (unpaired) electrons. The molecule has 0 amide bonds. The van der Waals surface area contributed by atoms with Crippen LogP contribution in [0.15, 0.2) is 57.9 Å². The van der Waals surface area contributed by atoms with E-state index < -0.39 is 21.9 Å². The van der Waals surface area contributed by atoms with Crippen molar-refractivity contribution < 1.29 is 17.3 Å². The monoisotopic (exact) mass is 401 g/mol. The molecule has 0 unspecified atom stereocenters. The SMILES string of the molecule is Cc1cccc(-c2noc([C@@H]3CCCCN3S(=O)(=O)c3ccc(F)cc3)n2)c1. The molecular formula is C20H20FN3O3S. The zero-order chi connectivity index (χ0) is 19.7. The van der Waals surface area contributed by atoms with Crippen LogP contribution in [-0.2, 0) is 10.0 Å². The number of halogens is 1. The molecule has 0 N–H and O–H groups in total. The van der Waals surface area contributed by atoms with Crippen LogP contribution in [0, 0.1) is 12.7 Å². The first-order chi connectivity index (χ1) is 13.4. The average Bonchev–Trinajstić information content (AvgIpc) is 3.18. The van der Waals surface area contributed by atoms with Gasteiger partial charge in [0, 0.05) is 12.1 Å². The molecule has 1 fully saturated rings. The van der Waals surface area contributed by atoms with Crippen LogP contribution in [0.1, 0.15) is 36.8 Å². The average molecular weight is 401 g/mol. The van der Waals surface area contributed by atoms with Crippen molar-refractivity contribution in [1.29, 1.82) is 0 Å². The summed E-state index contributed by atoms with van der Waals surface area (Å²) in [4.78, 5) is 4.53. The first kappa shape index (κ1) is 18.8. The highest BCUT2D eigenvalue weighted by atomic mass is 32.2. The smallest absolute Gasteiger partial charge is 0.245 e. The van der Waals surface area contributed by atoms with E-state index in [-0.39, 0.29) is 10.8 Å². The minimum atomic E-state index is -3.80. The fourth-order valence-corrected chi connectivity index (χ4v) is 5.10. The van der Waals surface area contributed by atoms with Crippen LogP contribution < -0.4 is 0 Å². The Bertz CT molecular complexity index is 1080. The quantitative estimate of drug-likeness (QED) is 0.658. The highest BCUT2D eigenvalue weighted by molar-refractivity contribution is 7.89. The molecule has 6 nitrogen and oxygen atoms in total. The summed E-state index contributed by atoms with van der Waals surface area (Å²) in [6, 6.07) is 12.0. The molecule has 1 atom stereocenters. The summed E-state index contributed by atoms with van der Waals surface area (Å²) in [6.07, 6.45) is 2.20. The Balaban J connectivity index is 1.67. The van der Waals surface area contributed by atoms with E-state index in [4.69, 9.17) is 4.52 Å². The third-order valence-corrected chi connectivity index (χ3v) is 6.80. The zero-order valence-electron chi connectivity index (χ0n) is 15.4. The third-order valence-electron chi connectivity index (χ3n) is 4.88. The van der Waals surface area contributed by atoms with E-state index in [1.807, 2.05) is 31.2 Å². The first-order valence-electron chi connectivity index (χ1n) is 9.13. The zero-order valence-corrected chi connectivity index (χ0v) is 16.2. The van der Waals surface area contributed by atoms with Crippen LogP contribution in [0.2, 0.25) is 0 Å². The molecular weight excluding hydrogens is 381 g/mol. The molecule has 8 heteroatoms. The Morgan fingerprint density at radius 3 is 2.68 bits per heavy atom. The van der Waals surface area contributed by atoms with E-state index in [0.717, 1.165) is 36.1 Å². The van der Waals surface area contributed by atoms with Crippen LogP contribution in [0.3, 0.4) is 0 Å². The van der Waals surface area contributed by atoms with Crippen molar-refractivity contribution >= 4 is 10.0 Å². The maximum Gasteiger partial charge on any atom is 0.245 e. The van der Waals surface area contributed by atoms with E-state index in [2.05, 4.69) is 10.1 Å². The molecule has 0 aliphatic carbocycles. The van der Waals surface area contributed by atoms with Crippen molar-refractivity contribution in [3.63, 3.8) is 0 Å². The van der Waals surface area contributed by atoms with Gasteiger partial charge >= 0.3 is 0 Å². The lowest BCUT2D eigenvalue weighted by Crippen LogP contribution is -2.38. The summed E-state index contributed by atoms with van der Waals surface area (Å²) in [5, 5.41) is 4.05. The normalized spacial score (nSPS) is 18.3. The number of piperidine rings is 1. The van der Waals surface area contributed by atoms with E-state index in [0.29, 0.717) is 18.8 Å². The molecule has 2 heterocycles.